The van der Waals surface area contributed by atoms with Gasteiger partial charge in [-0.05, 0) is 27.7 Å². The largest absolute Gasteiger partial charge is 0.443 e. The van der Waals surface area contributed by atoms with E-state index in [9.17, 15) is 44.7 Å². The molecule has 2 amide bonds. The minimum atomic E-state index is -5.81. The first-order valence-corrected chi connectivity index (χ1v) is 7.76. The predicted molar refractivity (Wildman–Crippen MR) is 81.2 cm³/mol. The van der Waals surface area contributed by atoms with Crippen LogP contribution >= 0.6 is 0 Å². The van der Waals surface area contributed by atoms with Gasteiger partial charge < -0.3 is 30.4 Å². The zero-order valence-corrected chi connectivity index (χ0v) is 16.0. The van der Waals surface area contributed by atoms with Crippen LogP contribution in [0.3, 0.4) is 0 Å². The fraction of sp³-hybridized carbons (Fsp3) is 0.857. The Bertz CT molecular complexity index is 642. The molecule has 0 aromatic rings. The standard InChI is InChI=1S/C14H20F8N2O6/c1-9(2,11(15,16)5-27-7(23)25)30-14(21,22)13(19,20)10(3,4)29-12(17,18)6-28-8(24)26/h5-6H2,1-4H3,(H2,23,25)(H2,24,26). The first-order valence-electron chi connectivity index (χ1n) is 7.76. The quantitative estimate of drug-likeness (QED) is 0.453. The van der Waals surface area contributed by atoms with Gasteiger partial charge in [0.15, 0.2) is 13.2 Å². The molecule has 0 radical (unpaired) electrons. The van der Waals surface area contributed by atoms with Crippen LogP contribution in [0.5, 0.6) is 0 Å². The number of alkyl halides is 8. The number of carbonyl (C=O) groups is 2. The van der Waals surface area contributed by atoms with E-state index in [-0.39, 0.29) is 27.7 Å². The third-order valence-corrected chi connectivity index (χ3v) is 3.57. The zero-order chi connectivity index (χ0) is 24.4. The van der Waals surface area contributed by atoms with Gasteiger partial charge in [-0.1, -0.05) is 0 Å². The maximum atomic E-state index is 14.3. The second-order valence-corrected chi connectivity index (χ2v) is 6.87. The summed E-state index contributed by atoms with van der Waals surface area (Å²) in [4.78, 5) is 20.7. The summed E-state index contributed by atoms with van der Waals surface area (Å²) in [6.07, 6.45) is -14.0. The van der Waals surface area contributed by atoms with Crippen molar-refractivity contribution in [2.75, 3.05) is 13.2 Å². The van der Waals surface area contributed by atoms with Crippen molar-refractivity contribution in [2.45, 2.75) is 63.0 Å². The molecule has 0 aliphatic heterocycles. The van der Waals surface area contributed by atoms with E-state index in [2.05, 4.69) is 30.4 Å². The van der Waals surface area contributed by atoms with E-state index in [1.165, 1.54) is 0 Å². The van der Waals surface area contributed by atoms with Gasteiger partial charge in [0.25, 0.3) is 0 Å². The van der Waals surface area contributed by atoms with Gasteiger partial charge in [-0.3, -0.25) is 0 Å². The maximum Gasteiger partial charge on any atom is 0.423 e. The predicted octanol–water partition coefficient (Wildman–Crippen LogP) is 3.22. The van der Waals surface area contributed by atoms with Crippen molar-refractivity contribution in [3.05, 3.63) is 0 Å². The Morgan fingerprint density at radius 1 is 0.700 bits per heavy atom. The van der Waals surface area contributed by atoms with Crippen molar-refractivity contribution in [1.82, 2.24) is 0 Å². The van der Waals surface area contributed by atoms with Crippen LogP contribution < -0.4 is 11.5 Å². The topological polar surface area (TPSA) is 123 Å². The van der Waals surface area contributed by atoms with Crippen LogP contribution in [0.4, 0.5) is 44.7 Å². The van der Waals surface area contributed by atoms with Crippen molar-refractivity contribution in [3.63, 3.8) is 0 Å². The van der Waals surface area contributed by atoms with E-state index in [0.717, 1.165) is 0 Å². The summed E-state index contributed by atoms with van der Waals surface area (Å²) in [7, 11) is 0. The molecule has 8 nitrogen and oxygen atoms in total. The molecule has 0 aliphatic carbocycles. The minimum Gasteiger partial charge on any atom is -0.443 e. The maximum absolute atomic E-state index is 14.3. The number of amides is 2. The van der Waals surface area contributed by atoms with E-state index >= 15 is 0 Å². The van der Waals surface area contributed by atoms with Gasteiger partial charge in [0, 0.05) is 0 Å². The van der Waals surface area contributed by atoms with E-state index in [0.29, 0.717) is 0 Å². The summed E-state index contributed by atoms with van der Waals surface area (Å²) in [5.41, 5.74) is 1.72. The lowest BCUT2D eigenvalue weighted by atomic mass is 9.96. The zero-order valence-electron chi connectivity index (χ0n) is 16.0. The average Bonchev–Trinajstić information content (AvgIpc) is 2.48. The molecule has 0 aromatic heterocycles. The Hall–Kier alpha value is -2.10. The number of halogens is 8. The van der Waals surface area contributed by atoms with Crippen LogP contribution in [0.2, 0.25) is 0 Å². The molecule has 0 atom stereocenters. The normalized spacial score (nSPS) is 14.4. The molecule has 0 saturated carbocycles. The van der Waals surface area contributed by atoms with Crippen molar-refractivity contribution in [1.29, 1.82) is 0 Å². The lowest BCUT2D eigenvalue weighted by molar-refractivity contribution is -0.445. The molecule has 178 valence electrons. The summed E-state index contributed by atoms with van der Waals surface area (Å²) in [6.45, 7) is -3.22. The molecule has 16 heteroatoms. The minimum absolute atomic E-state index is 0.0871. The van der Waals surface area contributed by atoms with Crippen molar-refractivity contribution < 1.29 is 63.7 Å². The summed E-state index contributed by atoms with van der Waals surface area (Å²) in [5, 5.41) is 0. The first-order chi connectivity index (χ1) is 13.0. The fourth-order valence-electron chi connectivity index (χ4n) is 1.77. The SMILES string of the molecule is CC(C)(OC(F)(F)C(F)(F)C(C)(C)OC(F)(F)COC(N)=O)C(F)(F)COC(N)=O. The Kier molecular flexibility index (Phi) is 7.97. The number of primary amides is 2. The Morgan fingerprint density at radius 2 is 1.10 bits per heavy atom. The monoisotopic (exact) mass is 464 g/mol. The van der Waals surface area contributed by atoms with Crippen LogP contribution in [0.1, 0.15) is 27.7 Å². The molecule has 0 heterocycles. The van der Waals surface area contributed by atoms with Gasteiger partial charge in [0.2, 0.25) is 0 Å². The van der Waals surface area contributed by atoms with Crippen LogP contribution in [-0.4, -0.2) is 60.7 Å². The van der Waals surface area contributed by atoms with E-state index in [1.54, 1.807) is 0 Å². The van der Waals surface area contributed by atoms with Gasteiger partial charge in [-0.15, -0.1) is 0 Å². The number of hydrogen-bond donors (Lipinski definition) is 2. The highest BCUT2D eigenvalue weighted by Gasteiger charge is 2.72. The Morgan fingerprint density at radius 3 is 1.50 bits per heavy atom. The van der Waals surface area contributed by atoms with Gasteiger partial charge in [0.05, 0.1) is 0 Å². The molecule has 0 bridgehead atoms. The second-order valence-electron chi connectivity index (χ2n) is 6.87. The summed E-state index contributed by atoms with van der Waals surface area (Å²) in [6, 6.07) is 0. The highest BCUT2D eigenvalue weighted by Crippen LogP contribution is 2.50. The number of nitrogens with two attached hydrogens (primary N) is 2. The van der Waals surface area contributed by atoms with E-state index in [4.69, 9.17) is 0 Å². The van der Waals surface area contributed by atoms with E-state index in [1.807, 2.05) is 0 Å². The van der Waals surface area contributed by atoms with Gasteiger partial charge in [-0.25, -0.2) is 9.59 Å². The highest BCUT2D eigenvalue weighted by atomic mass is 19.3. The second kappa shape index (κ2) is 8.56. The van der Waals surface area contributed by atoms with Gasteiger partial charge in [0.1, 0.15) is 11.2 Å². The van der Waals surface area contributed by atoms with Gasteiger partial charge >= 0.3 is 36.2 Å². The number of hydrogen-bond acceptors (Lipinski definition) is 6. The third-order valence-electron chi connectivity index (χ3n) is 3.57. The molecule has 30 heavy (non-hydrogen) atoms. The van der Waals surface area contributed by atoms with Crippen molar-refractivity contribution in [3.8, 4) is 0 Å². The van der Waals surface area contributed by atoms with E-state index < -0.39 is 60.7 Å². The van der Waals surface area contributed by atoms with Crippen LogP contribution in [0.25, 0.3) is 0 Å². The van der Waals surface area contributed by atoms with Gasteiger partial charge in [-0.2, -0.15) is 35.1 Å². The van der Waals surface area contributed by atoms with Crippen LogP contribution in [-0.2, 0) is 18.9 Å². The highest BCUT2D eigenvalue weighted by molar-refractivity contribution is 5.64. The summed E-state index contributed by atoms with van der Waals surface area (Å²) >= 11 is 0. The molecule has 4 N–H and O–H groups in total. The molecule has 0 aromatic carbocycles. The molecule has 0 spiro atoms. The lowest BCUT2D eigenvalue weighted by Crippen LogP contribution is -2.64. The number of carbonyl (C=O) groups excluding carboxylic acids is 2. The number of rotatable bonds is 11. The van der Waals surface area contributed by atoms with Crippen molar-refractivity contribution >= 4 is 12.2 Å². The van der Waals surface area contributed by atoms with Crippen molar-refractivity contribution in [2.24, 2.45) is 11.5 Å². The summed E-state index contributed by atoms with van der Waals surface area (Å²) in [5.74, 6) is -10.1. The summed E-state index contributed by atoms with van der Waals surface area (Å²) < 4.78 is 127. The smallest absolute Gasteiger partial charge is 0.423 e. The Labute approximate surface area is 164 Å². The number of ether oxygens (including phenoxy) is 4. The third kappa shape index (κ3) is 6.72. The molecule has 0 fully saturated rings. The van der Waals surface area contributed by atoms with Crippen LogP contribution in [0.15, 0.2) is 0 Å². The van der Waals surface area contributed by atoms with Crippen LogP contribution in [0, 0.1) is 0 Å². The fourth-order valence-corrected chi connectivity index (χ4v) is 1.77. The molecule has 0 aliphatic rings. The molecular formula is C14H20F8N2O6. The molecule has 0 saturated heterocycles. The Balaban J connectivity index is 5.66. The first kappa shape index (κ1) is 27.9. The molecular weight excluding hydrogens is 444 g/mol. The average molecular weight is 464 g/mol. The molecule has 0 unspecified atom stereocenters. The molecule has 0 rings (SSSR count). The lowest BCUT2D eigenvalue weighted by Gasteiger charge is -2.43.